The van der Waals surface area contributed by atoms with Gasteiger partial charge in [-0.05, 0) is 47.7 Å². The van der Waals surface area contributed by atoms with E-state index in [0.717, 1.165) is 40.5 Å². The minimum atomic E-state index is 0.700. The summed E-state index contributed by atoms with van der Waals surface area (Å²) in [4.78, 5) is 5.41. The minimum absolute atomic E-state index is 0.700. The zero-order valence-corrected chi connectivity index (χ0v) is 13.8. The average Bonchev–Trinajstić information content (AvgIpc) is 2.99. The van der Waals surface area contributed by atoms with Gasteiger partial charge in [-0.1, -0.05) is 23.2 Å². The Kier molecular flexibility index (Phi) is 3.74. The highest BCUT2D eigenvalue weighted by Crippen LogP contribution is 2.35. The summed E-state index contributed by atoms with van der Waals surface area (Å²) in [5, 5.41) is 9.55. The van der Waals surface area contributed by atoms with E-state index < -0.39 is 0 Å². The minimum Gasteiger partial charge on any atom is -0.261 e. The van der Waals surface area contributed by atoms with Crippen LogP contribution in [0, 0.1) is 0 Å². The van der Waals surface area contributed by atoms with Crippen molar-refractivity contribution >= 4 is 46.2 Å². The Morgan fingerprint density at radius 2 is 2.14 bits per heavy atom. The maximum absolute atomic E-state index is 6.25. The predicted molar refractivity (Wildman–Crippen MR) is 90.3 cm³/mol. The Morgan fingerprint density at radius 1 is 1.23 bits per heavy atom. The molecule has 0 unspecified atom stereocenters. The lowest BCUT2D eigenvalue weighted by Crippen LogP contribution is -2.25. The summed E-state index contributed by atoms with van der Waals surface area (Å²) in [6.07, 6.45) is 4.76. The summed E-state index contributed by atoms with van der Waals surface area (Å²) in [5.41, 5.74) is 3.44. The summed E-state index contributed by atoms with van der Waals surface area (Å²) >= 11 is 13.9. The van der Waals surface area contributed by atoms with Gasteiger partial charge < -0.3 is 0 Å². The van der Waals surface area contributed by atoms with Crippen molar-refractivity contribution in [2.45, 2.75) is 17.9 Å². The van der Waals surface area contributed by atoms with E-state index in [-0.39, 0.29) is 0 Å². The summed E-state index contributed by atoms with van der Waals surface area (Å²) in [6, 6.07) is 5.54. The first-order valence-electron chi connectivity index (χ1n) is 6.88. The van der Waals surface area contributed by atoms with Gasteiger partial charge in [-0.2, -0.15) is 5.10 Å². The van der Waals surface area contributed by atoms with Crippen LogP contribution >= 0.6 is 35.1 Å². The number of fused-ring (bicyclic) bond motifs is 3. The molecule has 4 nitrogen and oxygen atoms in total. The van der Waals surface area contributed by atoms with Gasteiger partial charge in [0.2, 0.25) is 0 Å². The number of nitrogens with zero attached hydrogens (tertiary/aromatic N) is 3. The van der Waals surface area contributed by atoms with Crippen molar-refractivity contribution in [2.24, 2.45) is 0 Å². The lowest BCUT2D eigenvalue weighted by Gasteiger charge is -2.27. The van der Waals surface area contributed by atoms with Crippen molar-refractivity contribution in [1.29, 1.82) is 0 Å². The fourth-order valence-electron chi connectivity index (χ4n) is 2.69. The smallest absolute Gasteiger partial charge is 0.155 e. The van der Waals surface area contributed by atoms with E-state index in [0.29, 0.717) is 5.02 Å². The Morgan fingerprint density at radius 3 is 3.05 bits per heavy atom. The van der Waals surface area contributed by atoms with E-state index in [4.69, 9.17) is 23.2 Å². The molecule has 1 N–H and O–H groups in total. The monoisotopic (exact) mass is 350 g/mol. The van der Waals surface area contributed by atoms with Crippen molar-refractivity contribution in [3.63, 3.8) is 0 Å². The van der Waals surface area contributed by atoms with Crippen LogP contribution in [-0.4, -0.2) is 26.0 Å². The molecule has 1 aliphatic heterocycles. The number of hydrogen-bond donors (Lipinski definition) is 1. The average molecular weight is 351 g/mol. The van der Waals surface area contributed by atoms with E-state index >= 15 is 0 Å². The molecule has 112 valence electrons. The Bertz CT molecular complexity index is 849. The number of halogens is 2. The Balaban J connectivity index is 1.60. The maximum Gasteiger partial charge on any atom is 0.155 e. The van der Waals surface area contributed by atoms with E-state index in [1.165, 1.54) is 11.1 Å². The van der Waals surface area contributed by atoms with Crippen molar-refractivity contribution in [1.82, 2.24) is 19.5 Å². The summed E-state index contributed by atoms with van der Waals surface area (Å²) in [5.74, 6) is 0. The topological polar surface area (TPSA) is 44.8 Å². The van der Waals surface area contributed by atoms with Crippen LogP contribution in [0.5, 0.6) is 0 Å². The van der Waals surface area contributed by atoms with E-state index in [1.807, 2.05) is 24.5 Å². The number of hydrogen-bond acceptors (Lipinski definition) is 4. The Hall–Kier alpha value is -1.27. The van der Waals surface area contributed by atoms with Gasteiger partial charge >= 0.3 is 0 Å². The number of rotatable bonds is 2. The number of aromatic amines is 1. The van der Waals surface area contributed by atoms with Crippen LogP contribution in [0.15, 0.2) is 35.5 Å². The highest BCUT2D eigenvalue weighted by molar-refractivity contribution is 7.97. The summed E-state index contributed by atoms with van der Waals surface area (Å²) in [7, 11) is 0. The molecule has 22 heavy (non-hydrogen) atoms. The number of aromatic nitrogens is 3. The fraction of sp³-hybridized carbons (Fsp3) is 0.200. The van der Waals surface area contributed by atoms with Crippen molar-refractivity contribution in [3.05, 3.63) is 51.8 Å². The molecule has 3 heterocycles. The van der Waals surface area contributed by atoms with Crippen LogP contribution in [0.3, 0.4) is 0 Å². The second-order valence-corrected chi connectivity index (χ2v) is 7.16. The highest BCUT2D eigenvalue weighted by Gasteiger charge is 2.21. The molecule has 0 amide bonds. The standard InChI is InChI=1S/C15H12Cl2N4S/c16-10-1-2-13(17)14(5-10)22-21-4-3-11-9(8-21)6-18-15-12(11)7-19-20-15/h1-2,5-7H,3-4,8H2,(H,18,19,20). The lowest BCUT2D eigenvalue weighted by atomic mass is 10.0. The second kappa shape index (κ2) is 5.74. The van der Waals surface area contributed by atoms with Gasteiger partial charge in [-0.25, -0.2) is 9.29 Å². The summed E-state index contributed by atoms with van der Waals surface area (Å²) in [6.45, 7) is 1.78. The molecule has 0 radical (unpaired) electrons. The molecular formula is C15H12Cl2N4S. The maximum atomic E-state index is 6.25. The molecule has 0 aliphatic carbocycles. The van der Waals surface area contributed by atoms with Gasteiger partial charge in [0.15, 0.2) is 5.65 Å². The van der Waals surface area contributed by atoms with Crippen LogP contribution in [0.1, 0.15) is 11.1 Å². The van der Waals surface area contributed by atoms with E-state index in [9.17, 15) is 0 Å². The van der Waals surface area contributed by atoms with Crippen LogP contribution in [0.4, 0.5) is 0 Å². The fourth-order valence-corrected chi connectivity index (χ4v) is 4.15. The van der Waals surface area contributed by atoms with Gasteiger partial charge in [-0.15, -0.1) is 0 Å². The first-order valence-corrected chi connectivity index (χ1v) is 8.41. The second-order valence-electron chi connectivity index (χ2n) is 5.17. The third kappa shape index (κ3) is 2.58. The molecule has 4 rings (SSSR count). The van der Waals surface area contributed by atoms with Gasteiger partial charge in [-0.3, -0.25) is 5.10 Å². The van der Waals surface area contributed by atoms with Crippen molar-refractivity contribution in [3.8, 4) is 0 Å². The van der Waals surface area contributed by atoms with Crippen LogP contribution < -0.4 is 0 Å². The zero-order chi connectivity index (χ0) is 15.1. The molecule has 0 fully saturated rings. The molecule has 0 atom stereocenters. The number of nitrogens with one attached hydrogen (secondary N) is 1. The molecule has 0 bridgehead atoms. The summed E-state index contributed by atoms with van der Waals surface area (Å²) < 4.78 is 2.29. The Labute approximate surface area is 142 Å². The first kappa shape index (κ1) is 14.3. The van der Waals surface area contributed by atoms with Gasteiger partial charge in [0, 0.05) is 34.6 Å². The highest BCUT2D eigenvalue weighted by atomic mass is 35.5. The van der Waals surface area contributed by atoms with Gasteiger partial charge in [0.05, 0.1) is 11.2 Å². The molecule has 3 aromatic rings. The van der Waals surface area contributed by atoms with Crippen molar-refractivity contribution < 1.29 is 0 Å². The first-order chi connectivity index (χ1) is 10.7. The molecule has 7 heteroatoms. The normalized spacial score (nSPS) is 15.2. The molecule has 1 aliphatic rings. The number of benzene rings is 1. The third-order valence-corrected chi connectivity index (χ3v) is 5.54. The lowest BCUT2D eigenvalue weighted by molar-refractivity contribution is 0.445. The quantitative estimate of drug-likeness (QED) is 0.698. The van der Waals surface area contributed by atoms with Crippen molar-refractivity contribution in [2.75, 3.05) is 6.54 Å². The molecule has 0 saturated heterocycles. The SMILES string of the molecule is Clc1ccc(Cl)c(SN2CCc3c(cnc4[nH]ncc34)C2)c1. The predicted octanol–water partition coefficient (Wildman–Crippen LogP) is 4.33. The van der Waals surface area contributed by atoms with Gasteiger partial charge in [0.1, 0.15) is 0 Å². The molecular weight excluding hydrogens is 339 g/mol. The van der Waals surface area contributed by atoms with Crippen LogP contribution in [0.2, 0.25) is 10.0 Å². The van der Waals surface area contributed by atoms with Gasteiger partial charge in [0.25, 0.3) is 0 Å². The number of pyridine rings is 1. The third-order valence-electron chi connectivity index (χ3n) is 3.76. The van der Waals surface area contributed by atoms with Crippen LogP contribution in [0.25, 0.3) is 11.0 Å². The van der Waals surface area contributed by atoms with E-state index in [2.05, 4.69) is 19.5 Å². The molecule has 2 aromatic heterocycles. The largest absolute Gasteiger partial charge is 0.261 e. The molecule has 1 aromatic carbocycles. The number of H-pyrrole nitrogens is 1. The van der Waals surface area contributed by atoms with E-state index in [1.54, 1.807) is 18.0 Å². The molecule has 0 spiro atoms. The zero-order valence-electron chi connectivity index (χ0n) is 11.5. The van der Waals surface area contributed by atoms with Crippen LogP contribution in [-0.2, 0) is 13.0 Å². The molecule has 0 saturated carbocycles.